The van der Waals surface area contributed by atoms with Gasteiger partial charge >= 0.3 is 11.9 Å². The van der Waals surface area contributed by atoms with Crippen LogP contribution in [0, 0.1) is 23.7 Å². The molecule has 136 valence electrons. The van der Waals surface area contributed by atoms with Crippen LogP contribution in [0.5, 0.6) is 0 Å². The average Bonchev–Trinajstić information content (AvgIpc) is 2.88. The van der Waals surface area contributed by atoms with Crippen LogP contribution >= 0.6 is 0 Å². The van der Waals surface area contributed by atoms with E-state index in [2.05, 4.69) is 11.2 Å². The Balaban J connectivity index is 2.26. The van der Waals surface area contributed by atoms with E-state index in [1.807, 2.05) is 4.90 Å². The Hall–Kier alpha value is -2.56. The zero-order valence-corrected chi connectivity index (χ0v) is 15.2. The quantitative estimate of drug-likeness (QED) is 0.584. The van der Waals surface area contributed by atoms with Crippen LogP contribution < -0.4 is 4.90 Å². The monoisotopic (exact) mass is 348 g/mol. The van der Waals surface area contributed by atoms with E-state index in [9.17, 15) is 14.9 Å². The zero-order chi connectivity index (χ0) is 18.6. The van der Waals surface area contributed by atoms with Gasteiger partial charge < -0.3 is 14.4 Å². The summed E-state index contributed by atoms with van der Waals surface area (Å²) in [5, 5.41) is 13.7. The summed E-state index contributed by atoms with van der Waals surface area (Å²) in [6, 6.07) is 2.18. The molecule has 0 unspecified atom stereocenters. The molecule has 0 spiro atoms. The van der Waals surface area contributed by atoms with Crippen LogP contribution in [0.2, 0.25) is 0 Å². The van der Waals surface area contributed by atoms with Crippen LogP contribution in [-0.2, 0) is 26.1 Å². The molecule has 2 rings (SSSR count). The van der Waals surface area contributed by atoms with Gasteiger partial charge in [0.25, 0.3) is 0 Å². The van der Waals surface area contributed by atoms with Crippen LogP contribution in [0.25, 0.3) is 0 Å². The van der Waals surface area contributed by atoms with Crippen LogP contribution in [0.1, 0.15) is 37.9 Å². The van der Waals surface area contributed by atoms with Gasteiger partial charge in [-0.15, -0.1) is 0 Å². The first kappa shape index (κ1) is 18.8. The van der Waals surface area contributed by atoms with Crippen molar-refractivity contribution >= 4 is 17.8 Å². The molecule has 2 heterocycles. The van der Waals surface area contributed by atoms with Gasteiger partial charge in [-0.25, -0.2) is 0 Å². The number of hydrogen-bond donors (Lipinski definition) is 0. The number of carbonyl (C=O) groups excluding carboxylic acids is 2. The summed E-state index contributed by atoms with van der Waals surface area (Å²) in [5.74, 6) is -0.356. The van der Waals surface area contributed by atoms with Crippen LogP contribution in [0.3, 0.4) is 0 Å². The molecule has 8 heteroatoms. The number of piperidine rings is 1. The van der Waals surface area contributed by atoms with E-state index < -0.39 is 17.4 Å². The zero-order valence-electron chi connectivity index (χ0n) is 15.2. The summed E-state index contributed by atoms with van der Waals surface area (Å²) in [7, 11) is 1.78. The lowest BCUT2D eigenvalue weighted by Gasteiger charge is -2.38. The van der Waals surface area contributed by atoms with Crippen molar-refractivity contribution in [1.82, 2.24) is 9.78 Å². The highest BCUT2D eigenvalue weighted by Gasteiger charge is 2.51. The molecule has 1 saturated heterocycles. The van der Waals surface area contributed by atoms with Gasteiger partial charge in [-0.3, -0.25) is 14.3 Å². The Bertz CT molecular complexity index is 676. The van der Waals surface area contributed by atoms with Gasteiger partial charge in [-0.1, -0.05) is 0 Å². The molecule has 1 aromatic rings. The highest BCUT2D eigenvalue weighted by atomic mass is 16.6. The Morgan fingerprint density at radius 3 is 2.16 bits per heavy atom. The van der Waals surface area contributed by atoms with Gasteiger partial charge in [-0.05, 0) is 33.6 Å². The van der Waals surface area contributed by atoms with Crippen LogP contribution in [-0.4, -0.2) is 48.0 Å². The fraction of sp³-hybridized carbons (Fsp3) is 0.647. The summed E-state index contributed by atoms with van der Waals surface area (Å²) in [6.07, 6.45) is 0.555. The summed E-state index contributed by atoms with van der Waals surface area (Å²) in [6.45, 7) is 6.50. The number of carbonyl (C=O) groups is 2. The van der Waals surface area contributed by atoms with Crippen LogP contribution in [0.15, 0.2) is 0 Å². The van der Waals surface area contributed by atoms with Crippen molar-refractivity contribution in [3.05, 3.63) is 11.3 Å². The van der Waals surface area contributed by atoms with Crippen molar-refractivity contribution in [2.75, 3.05) is 31.2 Å². The minimum absolute atomic E-state index is 0.212. The SMILES string of the molecule is CCOC(=O)C1(C(=O)OCC)CCN(c2c(C#N)c(C)nn2C)CC1. The van der Waals surface area contributed by atoms with Gasteiger partial charge in [0.05, 0.1) is 18.9 Å². The Kier molecular flexibility index (Phi) is 5.67. The molecule has 1 aliphatic rings. The predicted octanol–water partition coefficient (Wildman–Crippen LogP) is 1.31. The Labute approximate surface area is 147 Å². The van der Waals surface area contributed by atoms with Crippen molar-refractivity contribution in [3.63, 3.8) is 0 Å². The van der Waals surface area contributed by atoms with E-state index in [-0.39, 0.29) is 26.1 Å². The predicted molar refractivity (Wildman–Crippen MR) is 89.8 cm³/mol. The van der Waals surface area contributed by atoms with E-state index in [1.165, 1.54) is 0 Å². The molecular formula is C17H24N4O4. The normalized spacial score (nSPS) is 16.2. The fourth-order valence-electron chi connectivity index (χ4n) is 3.27. The number of aromatic nitrogens is 2. The molecule has 0 bridgehead atoms. The van der Waals surface area contributed by atoms with Gasteiger partial charge in [0.2, 0.25) is 0 Å². The smallest absolute Gasteiger partial charge is 0.323 e. The molecule has 1 aromatic heterocycles. The van der Waals surface area contributed by atoms with Crippen LogP contribution in [0.4, 0.5) is 5.82 Å². The maximum absolute atomic E-state index is 12.5. The van der Waals surface area contributed by atoms with Crippen molar-refractivity contribution in [3.8, 4) is 6.07 Å². The van der Waals surface area contributed by atoms with Gasteiger partial charge in [0.15, 0.2) is 5.41 Å². The first-order valence-electron chi connectivity index (χ1n) is 8.44. The number of anilines is 1. The largest absolute Gasteiger partial charge is 0.465 e. The second-order valence-corrected chi connectivity index (χ2v) is 6.03. The number of hydrogen-bond acceptors (Lipinski definition) is 7. The highest BCUT2D eigenvalue weighted by Crippen LogP contribution is 2.37. The molecule has 0 N–H and O–H groups in total. The van der Waals surface area contributed by atoms with Crippen molar-refractivity contribution < 1.29 is 19.1 Å². The van der Waals surface area contributed by atoms with Gasteiger partial charge in [-0.2, -0.15) is 10.4 Å². The highest BCUT2D eigenvalue weighted by molar-refractivity contribution is 6.00. The van der Waals surface area contributed by atoms with Crippen molar-refractivity contribution in [2.24, 2.45) is 12.5 Å². The summed E-state index contributed by atoms with van der Waals surface area (Å²) in [4.78, 5) is 26.9. The summed E-state index contributed by atoms with van der Waals surface area (Å²) < 4.78 is 11.9. The van der Waals surface area contributed by atoms with Gasteiger partial charge in [0.1, 0.15) is 17.5 Å². The summed E-state index contributed by atoms with van der Waals surface area (Å²) >= 11 is 0. The van der Waals surface area contributed by atoms with Crippen molar-refractivity contribution in [1.29, 1.82) is 5.26 Å². The van der Waals surface area contributed by atoms with E-state index in [4.69, 9.17) is 9.47 Å². The number of rotatable bonds is 5. The molecular weight excluding hydrogens is 324 g/mol. The molecule has 0 atom stereocenters. The number of esters is 2. The minimum Gasteiger partial charge on any atom is -0.465 e. The topological polar surface area (TPSA) is 97.5 Å². The minimum atomic E-state index is -1.27. The molecule has 0 aromatic carbocycles. The Morgan fingerprint density at radius 2 is 1.72 bits per heavy atom. The third-order valence-corrected chi connectivity index (χ3v) is 4.55. The first-order chi connectivity index (χ1) is 11.9. The molecule has 0 radical (unpaired) electrons. The maximum Gasteiger partial charge on any atom is 0.323 e. The standard InChI is InChI=1S/C17H24N4O4/c1-5-24-15(22)17(16(23)25-6-2)7-9-21(10-8-17)14-13(11-18)12(3)19-20(14)4/h5-10H2,1-4H3. The lowest BCUT2D eigenvalue weighted by atomic mass is 9.78. The molecule has 0 aliphatic carbocycles. The first-order valence-corrected chi connectivity index (χ1v) is 8.44. The second-order valence-electron chi connectivity index (χ2n) is 6.03. The molecule has 1 aliphatic heterocycles. The molecule has 25 heavy (non-hydrogen) atoms. The number of aryl methyl sites for hydroxylation is 2. The average molecular weight is 348 g/mol. The second kappa shape index (κ2) is 7.55. The summed E-state index contributed by atoms with van der Waals surface area (Å²) in [5.41, 5.74) is -0.0990. The fourth-order valence-corrected chi connectivity index (χ4v) is 3.27. The van der Waals surface area contributed by atoms with E-state index in [1.54, 1.807) is 32.5 Å². The van der Waals surface area contributed by atoms with Gasteiger partial charge in [0, 0.05) is 20.1 Å². The van der Waals surface area contributed by atoms with E-state index in [0.717, 1.165) is 0 Å². The molecule has 0 saturated carbocycles. The third-order valence-electron chi connectivity index (χ3n) is 4.55. The number of nitriles is 1. The molecule has 1 fully saturated rings. The number of ether oxygens (including phenoxy) is 2. The Morgan fingerprint density at radius 1 is 1.20 bits per heavy atom. The number of nitrogens with zero attached hydrogens (tertiary/aromatic N) is 4. The molecule has 0 amide bonds. The lowest BCUT2D eigenvalue weighted by molar-refractivity contribution is -0.173. The van der Waals surface area contributed by atoms with E-state index in [0.29, 0.717) is 30.2 Å². The lowest BCUT2D eigenvalue weighted by Crippen LogP contribution is -2.51. The molecule has 8 nitrogen and oxygen atoms in total. The third kappa shape index (κ3) is 3.31. The maximum atomic E-state index is 12.5. The van der Waals surface area contributed by atoms with E-state index >= 15 is 0 Å². The van der Waals surface area contributed by atoms with Crippen molar-refractivity contribution in [2.45, 2.75) is 33.6 Å².